The van der Waals surface area contributed by atoms with Gasteiger partial charge in [0.15, 0.2) is 13.2 Å². The Bertz CT molecular complexity index is 1570. The minimum Gasteiger partial charge on any atom is -0.480 e. The number of hydrogen-bond acceptors (Lipinski definition) is 12. The van der Waals surface area contributed by atoms with E-state index >= 15 is 0 Å². The summed E-state index contributed by atoms with van der Waals surface area (Å²) in [6.07, 6.45) is -1.85. The zero-order chi connectivity index (χ0) is 37.9. The van der Waals surface area contributed by atoms with Crippen LogP contribution in [0.5, 0.6) is 0 Å². The highest BCUT2D eigenvalue weighted by Gasteiger charge is 2.48. The van der Waals surface area contributed by atoms with Gasteiger partial charge in [-0.05, 0) is 22.3 Å². The summed E-state index contributed by atoms with van der Waals surface area (Å²) in [7, 11) is 0. The van der Waals surface area contributed by atoms with E-state index in [9.17, 15) is 39.0 Å². The molecule has 2 heterocycles. The van der Waals surface area contributed by atoms with Gasteiger partial charge in [-0.2, -0.15) is 0 Å². The van der Waals surface area contributed by atoms with Crippen molar-refractivity contribution in [2.45, 2.75) is 62.9 Å². The van der Waals surface area contributed by atoms with Crippen LogP contribution in [-0.4, -0.2) is 96.4 Å². The second-order valence-corrected chi connectivity index (χ2v) is 12.6. The molecule has 0 saturated carbocycles. The number of amides is 2. The first-order valence-corrected chi connectivity index (χ1v) is 16.8. The lowest BCUT2D eigenvalue weighted by atomic mass is 9.82. The third kappa shape index (κ3) is 9.70. The smallest absolute Gasteiger partial charge is 0.408 e. The van der Waals surface area contributed by atoms with Gasteiger partial charge in [0.2, 0.25) is 0 Å². The molecule has 0 radical (unpaired) electrons. The zero-order valence-corrected chi connectivity index (χ0v) is 28.8. The molecule has 278 valence electrons. The van der Waals surface area contributed by atoms with Crippen LogP contribution < -0.4 is 32.7 Å². The molecule has 2 aliphatic heterocycles. The van der Waals surface area contributed by atoms with Gasteiger partial charge in [0.05, 0.1) is 23.9 Å². The number of carbonyl (C=O) groups is 6. The van der Waals surface area contributed by atoms with Crippen molar-refractivity contribution >= 4 is 35.7 Å². The Kier molecular flexibility index (Phi) is 13.8. The number of nitrogens with one attached hydrogen (secondary N) is 4. The SMILES string of the molecule is CC(C(=O)C1C(NC(=O)OCC#CCOC(=O)NC2CNC(C(=O)O)C2C(=O)C(C)c2ccc(CN)cc2)CNC1C(=O)O)c1ccc(CN)cc1. The highest BCUT2D eigenvalue weighted by molar-refractivity contribution is 5.95. The van der Waals surface area contributed by atoms with E-state index in [4.69, 9.17) is 20.9 Å². The van der Waals surface area contributed by atoms with Crippen LogP contribution in [0.3, 0.4) is 0 Å². The summed E-state index contributed by atoms with van der Waals surface area (Å²) in [5.74, 6) is -1.62. The Morgan fingerprint density at radius 2 is 1.04 bits per heavy atom. The van der Waals surface area contributed by atoms with Crippen LogP contribution in [0.2, 0.25) is 0 Å². The predicted molar refractivity (Wildman–Crippen MR) is 186 cm³/mol. The molecule has 0 bridgehead atoms. The Morgan fingerprint density at radius 1 is 0.692 bits per heavy atom. The maximum Gasteiger partial charge on any atom is 0.408 e. The molecular weight excluding hydrogens is 676 g/mol. The molecule has 52 heavy (non-hydrogen) atoms. The summed E-state index contributed by atoms with van der Waals surface area (Å²) in [4.78, 5) is 75.9. The number of alkyl carbamates (subject to hydrolysis) is 2. The molecule has 0 aliphatic carbocycles. The monoisotopic (exact) mass is 720 g/mol. The fraction of sp³-hybridized carbons (Fsp3) is 0.444. The molecule has 2 aromatic rings. The first-order chi connectivity index (χ1) is 24.9. The number of carboxylic acids is 2. The predicted octanol–water partition coefficient (Wildman–Crippen LogP) is 0.188. The topological polar surface area (TPSA) is 262 Å². The zero-order valence-electron chi connectivity index (χ0n) is 28.8. The van der Waals surface area contributed by atoms with E-state index < -0.39 is 85.2 Å². The molecular formula is C36H44N6O10. The molecule has 0 aromatic heterocycles. The minimum absolute atomic E-state index is 0.0207. The quantitative estimate of drug-likeness (QED) is 0.121. The van der Waals surface area contributed by atoms with E-state index in [1.165, 1.54) is 0 Å². The first kappa shape index (κ1) is 39.4. The largest absolute Gasteiger partial charge is 0.480 e. The summed E-state index contributed by atoms with van der Waals surface area (Å²) in [6, 6.07) is 10.0. The van der Waals surface area contributed by atoms with Gasteiger partial charge in [0.25, 0.3) is 0 Å². The Hall–Kier alpha value is -5.34. The highest BCUT2D eigenvalue weighted by Crippen LogP contribution is 2.29. The number of ether oxygens (including phenoxy) is 2. The van der Waals surface area contributed by atoms with E-state index in [-0.39, 0.29) is 24.7 Å². The van der Waals surface area contributed by atoms with Crippen molar-refractivity contribution in [1.29, 1.82) is 0 Å². The molecule has 2 aliphatic rings. The minimum atomic E-state index is -1.23. The number of hydrogen-bond donors (Lipinski definition) is 8. The van der Waals surface area contributed by atoms with Crippen LogP contribution in [0, 0.1) is 23.7 Å². The lowest BCUT2D eigenvalue weighted by Gasteiger charge is -2.24. The lowest BCUT2D eigenvalue weighted by molar-refractivity contribution is -0.143. The van der Waals surface area contributed by atoms with E-state index in [0.29, 0.717) is 24.2 Å². The molecule has 2 fully saturated rings. The number of benzene rings is 2. The van der Waals surface area contributed by atoms with Crippen molar-refractivity contribution < 1.29 is 48.5 Å². The Labute approximate surface area is 300 Å². The molecule has 2 aromatic carbocycles. The lowest BCUT2D eigenvalue weighted by Crippen LogP contribution is -2.47. The first-order valence-electron chi connectivity index (χ1n) is 16.8. The number of nitrogens with two attached hydrogens (primary N) is 2. The normalized spacial score (nSPS) is 23.3. The van der Waals surface area contributed by atoms with Crippen molar-refractivity contribution in [3.8, 4) is 11.8 Å². The Balaban J connectivity index is 1.26. The molecule has 0 spiro atoms. The second kappa shape index (κ2) is 18.2. The molecule has 4 rings (SSSR count). The average Bonchev–Trinajstić information content (AvgIpc) is 3.76. The number of carboxylic acid groups (broad SMARTS) is 2. The van der Waals surface area contributed by atoms with Crippen LogP contribution in [0.4, 0.5) is 9.59 Å². The van der Waals surface area contributed by atoms with Gasteiger partial charge >= 0.3 is 24.1 Å². The number of aliphatic carboxylic acids is 2. The van der Waals surface area contributed by atoms with E-state index in [2.05, 4.69) is 33.1 Å². The van der Waals surface area contributed by atoms with Gasteiger partial charge in [-0.25, -0.2) is 9.59 Å². The van der Waals surface area contributed by atoms with E-state index in [1.807, 2.05) is 0 Å². The molecule has 2 saturated heterocycles. The van der Waals surface area contributed by atoms with Crippen molar-refractivity contribution in [3.63, 3.8) is 0 Å². The average molecular weight is 721 g/mol. The van der Waals surface area contributed by atoms with Crippen molar-refractivity contribution in [3.05, 3.63) is 70.8 Å². The summed E-state index contributed by atoms with van der Waals surface area (Å²) in [6.45, 7) is 3.24. The summed E-state index contributed by atoms with van der Waals surface area (Å²) < 4.78 is 10.1. The molecule has 8 atom stereocenters. The third-order valence-corrected chi connectivity index (χ3v) is 9.46. The second-order valence-electron chi connectivity index (χ2n) is 12.6. The fourth-order valence-corrected chi connectivity index (χ4v) is 6.45. The number of Topliss-reactive ketones (excluding diaryl/α,β-unsaturated/α-hetero) is 2. The number of carbonyl (C=O) groups excluding carboxylic acids is 4. The summed E-state index contributed by atoms with van der Waals surface area (Å²) in [5, 5.41) is 30.1. The summed E-state index contributed by atoms with van der Waals surface area (Å²) in [5.41, 5.74) is 14.4. The van der Waals surface area contributed by atoms with Crippen LogP contribution in [0.25, 0.3) is 0 Å². The molecule has 16 heteroatoms. The number of ketones is 2. The van der Waals surface area contributed by atoms with E-state index in [0.717, 1.165) is 11.1 Å². The van der Waals surface area contributed by atoms with Gasteiger partial charge in [-0.3, -0.25) is 19.2 Å². The third-order valence-electron chi connectivity index (χ3n) is 9.46. The van der Waals surface area contributed by atoms with Gasteiger partial charge in [-0.1, -0.05) is 74.2 Å². The number of rotatable bonds is 14. The van der Waals surface area contributed by atoms with E-state index in [1.54, 1.807) is 62.4 Å². The maximum atomic E-state index is 13.5. The van der Waals surface area contributed by atoms with Crippen molar-refractivity contribution in [2.75, 3.05) is 26.3 Å². The molecule has 8 unspecified atom stereocenters. The van der Waals surface area contributed by atoms with Gasteiger partial charge in [0, 0.05) is 38.0 Å². The van der Waals surface area contributed by atoms with Gasteiger partial charge in [0.1, 0.15) is 23.7 Å². The summed E-state index contributed by atoms with van der Waals surface area (Å²) >= 11 is 0. The van der Waals surface area contributed by atoms with Gasteiger partial charge < -0.3 is 52.4 Å². The van der Waals surface area contributed by atoms with Crippen LogP contribution in [0.15, 0.2) is 48.5 Å². The van der Waals surface area contributed by atoms with Crippen LogP contribution in [0.1, 0.15) is 47.9 Å². The molecule has 2 amide bonds. The highest BCUT2D eigenvalue weighted by atomic mass is 16.6. The standard InChI is InChI=1S/C36H44N6O10/c1-19(23-9-5-21(15-37)6-10-23)31(43)27-25(17-39-29(27)33(45)46)41-35(49)51-13-3-4-14-52-36(50)42-26-18-40-30(34(47)48)28(26)32(44)20(2)24-11-7-22(16-38)8-12-24/h5-12,19-20,25-30,39-40H,13-18,37-38H2,1-2H3,(H,41,49)(H,42,50)(H,45,46)(H,47,48). The fourth-order valence-electron chi connectivity index (χ4n) is 6.45. The van der Waals surface area contributed by atoms with Crippen LogP contribution in [-0.2, 0) is 41.7 Å². The van der Waals surface area contributed by atoms with Crippen molar-refractivity contribution in [1.82, 2.24) is 21.3 Å². The maximum absolute atomic E-state index is 13.5. The molecule has 16 nitrogen and oxygen atoms in total. The Morgan fingerprint density at radius 3 is 1.35 bits per heavy atom. The van der Waals surface area contributed by atoms with Gasteiger partial charge in [-0.15, -0.1) is 0 Å². The van der Waals surface area contributed by atoms with Crippen molar-refractivity contribution in [2.24, 2.45) is 23.3 Å². The molecule has 10 N–H and O–H groups in total. The van der Waals surface area contributed by atoms with Crippen LogP contribution >= 0.6 is 0 Å².